The predicted molar refractivity (Wildman–Crippen MR) is 84.6 cm³/mol. The maximum atomic E-state index is 12.5. The maximum absolute atomic E-state index is 12.5. The summed E-state index contributed by atoms with van der Waals surface area (Å²) >= 11 is 3.30. The standard InChI is InChI=1S/C14H20BrNO4S/c1-5-20-13(17)9-10-11(15)7-6-8-12(10)21(18,19)16-14(2,3)4/h6-8,16H,5,9H2,1-4H3. The Bertz CT molecular complexity index is 620. The van der Waals surface area contributed by atoms with Gasteiger partial charge in [-0.1, -0.05) is 22.0 Å². The van der Waals surface area contributed by atoms with Gasteiger partial charge in [0.2, 0.25) is 10.0 Å². The molecular weight excluding hydrogens is 358 g/mol. The predicted octanol–water partition coefficient (Wildman–Crippen LogP) is 2.63. The third-order valence-electron chi connectivity index (χ3n) is 2.43. The third kappa shape index (κ3) is 5.41. The average molecular weight is 378 g/mol. The molecule has 0 aliphatic carbocycles. The number of nitrogens with one attached hydrogen (secondary N) is 1. The molecule has 0 saturated heterocycles. The van der Waals surface area contributed by atoms with Crippen LogP contribution in [-0.2, 0) is 26.0 Å². The topological polar surface area (TPSA) is 72.5 Å². The quantitative estimate of drug-likeness (QED) is 0.800. The number of carbonyl (C=O) groups excluding carboxylic acids is 1. The molecule has 1 rings (SSSR count). The van der Waals surface area contributed by atoms with Crippen LogP contribution >= 0.6 is 15.9 Å². The van der Waals surface area contributed by atoms with Crippen molar-refractivity contribution in [3.63, 3.8) is 0 Å². The van der Waals surface area contributed by atoms with Gasteiger partial charge in [-0.2, -0.15) is 0 Å². The molecule has 5 nitrogen and oxygen atoms in total. The number of ether oxygens (including phenoxy) is 1. The second kappa shape index (κ2) is 6.89. The van der Waals surface area contributed by atoms with Crippen molar-refractivity contribution in [2.45, 2.75) is 44.6 Å². The fourth-order valence-electron chi connectivity index (χ4n) is 1.78. The lowest BCUT2D eigenvalue weighted by molar-refractivity contribution is -0.142. The highest BCUT2D eigenvalue weighted by atomic mass is 79.9. The first kappa shape index (κ1) is 18.1. The lowest BCUT2D eigenvalue weighted by Gasteiger charge is -2.22. The van der Waals surface area contributed by atoms with E-state index >= 15 is 0 Å². The molecule has 1 aromatic carbocycles. The summed E-state index contributed by atoms with van der Waals surface area (Å²) in [4.78, 5) is 11.8. The Morgan fingerprint density at radius 2 is 1.95 bits per heavy atom. The number of carbonyl (C=O) groups is 1. The molecule has 0 radical (unpaired) electrons. The van der Waals surface area contributed by atoms with Gasteiger partial charge in [0.15, 0.2) is 0 Å². The van der Waals surface area contributed by atoms with Crippen LogP contribution in [0.25, 0.3) is 0 Å². The smallest absolute Gasteiger partial charge is 0.310 e. The van der Waals surface area contributed by atoms with Gasteiger partial charge in [-0.05, 0) is 45.4 Å². The summed E-state index contributed by atoms with van der Waals surface area (Å²) in [5.41, 5.74) is -0.213. The number of rotatable bonds is 5. The van der Waals surface area contributed by atoms with E-state index < -0.39 is 21.5 Å². The molecule has 0 fully saturated rings. The van der Waals surface area contributed by atoms with Crippen LogP contribution < -0.4 is 4.72 Å². The molecule has 0 spiro atoms. The van der Waals surface area contributed by atoms with Crippen LogP contribution in [-0.4, -0.2) is 26.5 Å². The molecule has 0 amide bonds. The van der Waals surface area contributed by atoms with E-state index in [1.165, 1.54) is 6.07 Å². The molecule has 0 bridgehead atoms. The SMILES string of the molecule is CCOC(=O)Cc1c(Br)cccc1S(=O)(=O)NC(C)(C)C. The molecule has 7 heteroatoms. The molecule has 1 N–H and O–H groups in total. The highest BCUT2D eigenvalue weighted by Gasteiger charge is 2.26. The summed E-state index contributed by atoms with van der Waals surface area (Å²) in [6, 6.07) is 4.80. The number of benzene rings is 1. The van der Waals surface area contributed by atoms with E-state index in [4.69, 9.17) is 4.74 Å². The Kier molecular flexibility index (Phi) is 5.95. The molecule has 1 aromatic rings. The summed E-state index contributed by atoms with van der Waals surface area (Å²) < 4.78 is 33.0. The first-order valence-corrected chi connectivity index (χ1v) is 8.81. The minimum atomic E-state index is -3.72. The number of sulfonamides is 1. The van der Waals surface area contributed by atoms with Gasteiger partial charge in [-0.25, -0.2) is 13.1 Å². The van der Waals surface area contributed by atoms with E-state index in [9.17, 15) is 13.2 Å². The molecule has 0 atom stereocenters. The minimum absolute atomic E-state index is 0.0832. The van der Waals surface area contributed by atoms with Gasteiger partial charge >= 0.3 is 5.97 Å². The summed E-state index contributed by atoms with van der Waals surface area (Å²) in [6.07, 6.45) is -0.102. The summed E-state index contributed by atoms with van der Waals surface area (Å²) in [5, 5.41) is 0. The molecule has 0 aromatic heterocycles. The zero-order chi connectivity index (χ0) is 16.3. The zero-order valence-corrected chi connectivity index (χ0v) is 15.0. The Hall–Kier alpha value is -0.920. The van der Waals surface area contributed by atoms with Crippen LogP contribution in [0.1, 0.15) is 33.3 Å². The third-order valence-corrected chi connectivity index (χ3v) is 5.02. The highest BCUT2D eigenvalue weighted by molar-refractivity contribution is 9.10. The highest BCUT2D eigenvalue weighted by Crippen LogP contribution is 2.26. The first-order valence-electron chi connectivity index (χ1n) is 6.54. The number of esters is 1. The van der Waals surface area contributed by atoms with E-state index in [0.717, 1.165) is 0 Å². The molecule has 118 valence electrons. The van der Waals surface area contributed by atoms with Crippen LogP contribution in [0, 0.1) is 0 Å². The Balaban J connectivity index is 3.25. The van der Waals surface area contributed by atoms with Crippen molar-refractivity contribution in [3.05, 3.63) is 28.2 Å². The fraction of sp³-hybridized carbons (Fsp3) is 0.500. The minimum Gasteiger partial charge on any atom is -0.466 e. The second-order valence-electron chi connectivity index (χ2n) is 5.55. The number of hydrogen-bond donors (Lipinski definition) is 1. The van der Waals surface area contributed by atoms with E-state index in [-0.39, 0.29) is 17.9 Å². The van der Waals surface area contributed by atoms with Gasteiger partial charge in [0.25, 0.3) is 0 Å². The van der Waals surface area contributed by atoms with E-state index in [0.29, 0.717) is 10.0 Å². The van der Waals surface area contributed by atoms with Crippen LogP contribution in [0.15, 0.2) is 27.6 Å². The molecule has 21 heavy (non-hydrogen) atoms. The zero-order valence-electron chi connectivity index (χ0n) is 12.6. The normalized spacial score (nSPS) is 12.2. The molecule has 0 heterocycles. The summed E-state index contributed by atoms with van der Waals surface area (Å²) in [6.45, 7) is 7.23. The Morgan fingerprint density at radius 1 is 1.33 bits per heavy atom. The van der Waals surface area contributed by atoms with Crippen LogP contribution in [0.5, 0.6) is 0 Å². The molecule has 0 saturated carbocycles. The van der Waals surface area contributed by atoms with Crippen molar-refractivity contribution in [3.8, 4) is 0 Å². The van der Waals surface area contributed by atoms with Gasteiger partial charge in [0, 0.05) is 10.0 Å². The van der Waals surface area contributed by atoms with Crippen molar-refractivity contribution in [1.82, 2.24) is 4.72 Å². The lowest BCUT2D eigenvalue weighted by Crippen LogP contribution is -2.40. The summed E-state index contributed by atoms with van der Waals surface area (Å²) in [5.74, 6) is -0.461. The summed E-state index contributed by atoms with van der Waals surface area (Å²) in [7, 11) is -3.72. The van der Waals surface area contributed by atoms with E-state index in [2.05, 4.69) is 20.7 Å². The van der Waals surface area contributed by atoms with Crippen molar-refractivity contribution in [2.24, 2.45) is 0 Å². The van der Waals surface area contributed by atoms with Crippen molar-refractivity contribution < 1.29 is 17.9 Å². The monoisotopic (exact) mass is 377 g/mol. The largest absolute Gasteiger partial charge is 0.466 e. The van der Waals surface area contributed by atoms with Crippen LogP contribution in [0.2, 0.25) is 0 Å². The van der Waals surface area contributed by atoms with Gasteiger partial charge in [0.05, 0.1) is 17.9 Å². The molecule has 0 aliphatic heterocycles. The molecular formula is C14H20BrNO4S. The number of hydrogen-bond acceptors (Lipinski definition) is 4. The molecule has 0 aliphatic rings. The van der Waals surface area contributed by atoms with Crippen LogP contribution in [0.4, 0.5) is 0 Å². The van der Waals surface area contributed by atoms with Crippen LogP contribution in [0.3, 0.4) is 0 Å². The van der Waals surface area contributed by atoms with Gasteiger partial charge in [0.1, 0.15) is 0 Å². The van der Waals surface area contributed by atoms with Crippen molar-refractivity contribution in [1.29, 1.82) is 0 Å². The fourth-order valence-corrected chi connectivity index (χ4v) is 4.09. The Labute approximate surface area is 134 Å². The molecule has 0 unspecified atom stereocenters. The maximum Gasteiger partial charge on any atom is 0.310 e. The van der Waals surface area contributed by atoms with E-state index in [1.54, 1.807) is 39.8 Å². The Morgan fingerprint density at radius 3 is 2.48 bits per heavy atom. The van der Waals surface area contributed by atoms with Crippen molar-refractivity contribution >= 4 is 31.9 Å². The first-order chi connectivity index (χ1) is 9.57. The average Bonchev–Trinajstić information content (AvgIpc) is 2.28. The van der Waals surface area contributed by atoms with Gasteiger partial charge < -0.3 is 4.74 Å². The second-order valence-corrected chi connectivity index (χ2v) is 8.06. The van der Waals surface area contributed by atoms with Gasteiger partial charge in [-0.15, -0.1) is 0 Å². The number of halogens is 1. The van der Waals surface area contributed by atoms with Gasteiger partial charge in [-0.3, -0.25) is 4.79 Å². The lowest BCUT2D eigenvalue weighted by atomic mass is 10.1. The van der Waals surface area contributed by atoms with E-state index in [1.807, 2.05) is 0 Å². The van der Waals surface area contributed by atoms with Crippen molar-refractivity contribution in [2.75, 3.05) is 6.61 Å².